The minimum absolute atomic E-state index is 0.671. The Morgan fingerprint density at radius 2 is 2.44 bits per heavy atom. The molecular formula is C5H3N3O. The Labute approximate surface area is 50.5 Å². The normalized spacial score (nSPS) is 10.2. The summed E-state index contributed by atoms with van der Waals surface area (Å²) < 4.78 is 4.72. The topological polar surface area (TPSA) is 51.8 Å². The van der Waals surface area contributed by atoms with Gasteiger partial charge in [0.15, 0.2) is 11.1 Å². The molecule has 0 amide bonds. The summed E-state index contributed by atoms with van der Waals surface area (Å²) in [5, 5.41) is 6.98. The highest BCUT2D eigenvalue weighted by molar-refractivity contribution is 5.69. The number of aromatic nitrogens is 3. The van der Waals surface area contributed by atoms with Crippen molar-refractivity contribution < 1.29 is 4.52 Å². The third kappa shape index (κ3) is 0.561. The van der Waals surface area contributed by atoms with E-state index in [-0.39, 0.29) is 0 Å². The highest BCUT2D eigenvalue weighted by Crippen LogP contribution is 2.04. The highest BCUT2D eigenvalue weighted by Gasteiger charge is 1.94. The van der Waals surface area contributed by atoms with Gasteiger partial charge in [0.05, 0.1) is 6.20 Å². The zero-order valence-corrected chi connectivity index (χ0v) is 4.48. The fourth-order valence-electron chi connectivity index (χ4n) is 0.634. The van der Waals surface area contributed by atoms with Crippen molar-refractivity contribution >= 4 is 11.1 Å². The Hall–Kier alpha value is -1.45. The predicted molar refractivity (Wildman–Crippen MR) is 29.6 cm³/mol. The summed E-state index contributed by atoms with van der Waals surface area (Å²) in [6.07, 6.45) is 3.24. The number of rotatable bonds is 0. The van der Waals surface area contributed by atoms with Gasteiger partial charge in [-0.1, -0.05) is 0 Å². The van der Waals surface area contributed by atoms with Crippen LogP contribution in [0.15, 0.2) is 23.0 Å². The summed E-state index contributed by atoms with van der Waals surface area (Å²) in [6, 6.07) is 1.72. The van der Waals surface area contributed by atoms with Gasteiger partial charge in [0.2, 0.25) is 0 Å². The molecular weight excluding hydrogens is 118 g/mol. The van der Waals surface area contributed by atoms with Crippen LogP contribution in [0.3, 0.4) is 0 Å². The molecule has 0 atom stereocenters. The van der Waals surface area contributed by atoms with Crippen molar-refractivity contribution in [3.63, 3.8) is 0 Å². The van der Waals surface area contributed by atoms with Crippen LogP contribution >= 0.6 is 0 Å². The van der Waals surface area contributed by atoms with Crippen molar-refractivity contribution in [3.8, 4) is 0 Å². The molecule has 0 saturated carbocycles. The first kappa shape index (κ1) is 4.43. The van der Waals surface area contributed by atoms with Crippen LogP contribution in [-0.2, 0) is 0 Å². The lowest BCUT2D eigenvalue weighted by Crippen LogP contribution is -1.69. The molecule has 0 spiro atoms. The molecule has 0 bridgehead atoms. The second kappa shape index (κ2) is 1.51. The molecule has 4 heteroatoms. The third-order valence-corrected chi connectivity index (χ3v) is 1.05. The lowest BCUT2D eigenvalue weighted by Gasteiger charge is -1.76. The Kier molecular flexibility index (Phi) is 0.745. The van der Waals surface area contributed by atoms with Crippen molar-refractivity contribution in [2.75, 3.05) is 0 Å². The standard InChI is InChI=1S/C5H3N3O/c1-2-6-3-4-5(1)9-8-7-4/h1-3H. The van der Waals surface area contributed by atoms with E-state index in [1.165, 1.54) is 0 Å². The molecule has 4 nitrogen and oxygen atoms in total. The molecule has 0 aromatic carbocycles. The van der Waals surface area contributed by atoms with E-state index in [1.807, 2.05) is 0 Å². The molecule has 0 saturated heterocycles. The van der Waals surface area contributed by atoms with E-state index < -0.39 is 0 Å². The van der Waals surface area contributed by atoms with Crippen LogP contribution in [-0.4, -0.2) is 15.4 Å². The second-order valence-corrected chi connectivity index (χ2v) is 1.62. The summed E-state index contributed by atoms with van der Waals surface area (Å²) in [6.45, 7) is 0. The van der Waals surface area contributed by atoms with Crippen LogP contribution in [0.2, 0.25) is 0 Å². The van der Waals surface area contributed by atoms with E-state index in [0.717, 1.165) is 0 Å². The van der Waals surface area contributed by atoms with Crippen LogP contribution in [0.4, 0.5) is 0 Å². The molecule has 9 heavy (non-hydrogen) atoms. The summed E-state index contributed by atoms with van der Waals surface area (Å²) in [5.41, 5.74) is 1.36. The summed E-state index contributed by atoms with van der Waals surface area (Å²) in [7, 11) is 0. The molecule has 0 radical (unpaired) electrons. The fraction of sp³-hybridized carbons (Fsp3) is 0. The van der Waals surface area contributed by atoms with Crippen molar-refractivity contribution in [2.24, 2.45) is 0 Å². The smallest absolute Gasteiger partial charge is 0.190 e. The summed E-state index contributed by atoms with van der Waals surface area (Å²) in [4.78, 5) is 3.82. The first-order chi connectivity index (χ1) is 4.47. The largest absolute Gasteiger partial charge is 0.337 e. The van der Waals surface area contributed by atoms with Crippen molar-refractivity contribution in [2.45, 2.75) is 0 Å². The average Bonchev–Trinajstić information content (AvgIpc) is 2.33. The van der Waals surface area contributed by atoms with Gasteiger partial charge in [0, 0.05) is 17.5 Å². The molecule has 0 aliphatic carbocycles. The summed E-state index contributed by atoms with van der Waals surface area (Å²) >= 11 is 0. The molecule has 0 aliphatic rings. The molecule has 2 aromatic rings. The quantitative estimate of drug-likeness (QED) is 0.512. The molecule has 0 unspecified atom stereocenters. The van der Waals surface area contributed by atoms with E-state index in [1.54, 1.807) is 18.5 Å². The van der Waals surface area contributed by atoms with Crippen LogP contribution in [0.1, 0.15) is 0 Å². The number of fused-ring (bicyclic) bond motifs is 1. The van der Waals surface area contributed by atoms with Crippen molar-refractivity contribution in [1.82, 2.24) is 15.4 Å². The summed E-state index contributed by atoms with van der Waals surface area (Å²) in [5.74, 6) is 0. The maximum Gasteiger partial charge on any atom is 0.190 e. The molecule has 2 aromatic heterocycles. The van der Waals surface area contributed by atoms with Gasteiger partial charge in [-0.2, -0.15) is 0 Å². The van der Waals surface area contributed by atoms with Gasteiger partial charge >= 0.3 is 0 Å². The molecule has 2 rings (SSSR count). The third-order valence-electron chi connectivity index (χ3n) is 1.05. The minimum atomic E-state index is 0.671. The zero-order chi connectivity index (χ0) is 6.10. The van der Waals surface area contributed by atoms with E-state index in [2.05, 4.69) is 15.4 Å². The van der Waals surface area contributed by atoms with Crippen LogP contribution in [0.5, 0.6) is 0 Å². The van der Waals surface area contributed by atoms with Crippen LogP contribution < -0.4 is 0 Å². The average molecular weight is 121 g/mol. The fourth-order valence-corrected chi connectivity index (χ4v) is 0.634. The number of nitrogens with zero attached hydrogens (tertiary/aromatic N) is 3. The Morgan fingerprint density at radius 1 is 1.44 bits per heavy atom. The number of hydrogen-bond acceptors (Lipinski definition) is 4. The molecule has 0 fully saturated rings. The van der Waals surface area contributed by atoms with Gasteiger partial charge in [0.25, 0.3) is 0 Å². The van der Waals surface area contributed by atoms with Gasteiger partial charge < -0.3 is 4.52 Å². The van der Waals surface area contributed by atoms with Gasteiger partial charge in [0.1, 0.15) is 0 Å². The van der Waals surface area contributed by atoms with E-state index in [9.17, 15) is 0 Å². The van der Waals surface area contributed by atoms with Gasteiger partial charge in [-0.15, -0.1) is 5.10 Å². The van der Waals surface area contributed by atoms with Crippen LogP contribution in [0, 0.1) is 0 Å². The molecule has 0 N–H and O–H groups in total. The SMILES string of the molecule is c1cc2onnc2cn1. The number of pyridine rings is 1. The van der Waals surface area contributed by atoms with Crippen molar-refractivity contribution in [1.29, 1.82) is 0 Å². The first-order valence-corrected chi connectivity index (χ1v) is 2.49. The minimum Gasteiger partial charge on any atom is -0.337 e. The van der Waals surface area contributed by atoms with Gasteiger partial charge in [-0.05, 0) is 0 Å². The molecule has 0 aliphatic heterocycles. The maximum atomic E-state index is 4.72. The Balaban J connectivity index is 2.95. The lowest BCUT2D eigenvalue weighted by molar-refractivity contribution is 0.424. The monoisotopic (exact) mass is 121 g/mol. The Morgan fingerprint density at radius 3 is 3.33 bits per heavy atom. The molecule has 2 heterocycles. The maximum absolute atomic E-state index is 4.72. The lowest BCUT2D eigenvalue weighted by atomic mass is 10.4. The Bertz CT molecular complexity index is 286. The van der Waals surface area contributed by atoms with Gasteiger partial charge in [-0.25, -0.2) is 0 Å². The number of hydrogen-bond donors (Lipinski definition) is 0. The van der Waals surface area contributed by atoms with Crippen molar-refractivity contribution in [3.05, 3.63) is 18.5 Å². The van der Waals surface area contributed by atoms with Gasteiger partial charge in [-0.3, -0.25) is 4.98 Å². The second-order valence-electron chi connectivity index (χ2n) is 1.62. The first-order valence-electron chi connectivity index (χ1n) is 2.49. The molecule has 44 valence electrons. The van der Waals surface area contributed by atoms with Crippen LogP contribution in [0.25, 0.3) is 11.1 Å². The highest BCUT2D eigenvalue weighted by atomic mass is 16.5. The van der Waals surface area contributed by atoms with E-state index in [0.29, 0.717) is 11.1 Å². The van der Waals surface area contributed by atoms with E-state index in [4.69, 9.17) is 4.52 Å². The zero-order valence-electron chi connectivity index (χ0n) is 4.48. The van der Waals surface area contributed by atoms with E-state index >= 15 is 0 Å². The predicted octanol–water partition coefficient (Wildman–Crippen LogP) is 0.618.